The number of hydrogen-bond acceptors (Lipinski definition) is 2. The molecule has 0 aromatic carbocycles. The zero-order chi connectivity index (χ0) is 6.20. The highest BCUT2D eigenvalue weighted by atomic mass is 32.2. The van der Waals surface area contributed by atoms with Crippen LogP contribution in [0.1, 0.15) is 13.8 Å². The van der Waals surface area contributed by atoms with Gasteiger partial charge in [-0.15, -0.1) is 0 Å². The molecule has 0 aromatic rings. The third-order valence-corrected chi connectivity index (χ3v) is 2.24. The first kappa shape index (κ1) is 6.43. The molecule has 1 saturated heterocycles. The molecule has 1 nitrogen and oxygen atoms in total. The summed E-state index contributed by atoms with van der Waals surface area (Å²) in [4.78, 5) is 0. The fourth-order valence-corrected chi connectivity index (χ4v) is 1.99. The summed E-state index contributed by atoms with van der Waals surface area (Å²) in [5, 5.41) is 0. The van der Waals surface area contributed by atoms with Crippen molar-refractivity contribution in [1.29, 1.82) is 0 Å². The average Bonchev–Trinajstić information content (AvgIpc) is 1.60. The quantitative estimate of drug-likeness (QED) is 0.497. The van der Waals surface area contributed by atoms with Crippen molar-refractivity contribution < 1.29 is 0 Å². The molecule has 2 heteroatoms. The maximum absolute atomic E-state index is 2.38. The van der Waals surface area contributed by atoms with Gasteiger partial charge in [0.2, 0.25) is 0 Å². The van der Waals surface area contributed by atoms with Crippen LogP contribution in [0.2, 0.25) is 0 Å². The summed E-state index contributed by atoms with van der Waals surface area (Å²) < 4.78 is 2.38. The Morgan fingerprint density at radius 1 is 1.38 bits per heavy atom. The van der Waals surface area contributed by atoms with Crippen LogP contribution in [0.25, 0.3) is 0 Å². The molecule has 1 fully saturated rings. The molecule has 0 radical (unpaired) electrons. The van der Waals surface area contributed by atoms with E-state index in [0.717, 1.165) is 0 Å². The number of nitrogens with zero attached hydrogens (tertiary/aromatic N) is 1. The second-order valence-electron chi connectivity index (χ2n) is 3.14. The van der Waals surface area contributed by atoms with Crippen LogP contribution in [-0.2, 0) is 0 Å². The lowest BCUT2D eigenvalue weighted by atomic mass is 9.87. The monoisotopic (exact) mass is 131 g/mol. The molecule has 1 rings (SSSR count). The smallest absolute Gasteiger partial charge is 0.0153 e. The van der Waals surface area contributed by atoms with Crippen LogP contribution >= 0.6 is 11.9 Å². The van der Waals surface area contributed by atoms with Gasteiger partial charge < -0.3 is 0 Å². The minimum atomic E-state index is 0.600. The summed E-state index contributed by atoms with van der Waals surface area (Å²) in [7, 11) is 0. The van der Waals surface area contributed by atoms with Gasteiger partial charge in [0.1, 0.15) is 0 Å². The van der Waals surface area contributed by atoms with Gasteiger partial charge in [-0.3, -0.25) is 0 Å². The van der Waals surface area contributed by atoms with E-state index < -0.39 is 0 Å². The van der Waals surface area contributed by atoms with Gasteiger partial charge >= 0.3 is 0 Å². The van der Waals surface area contributed by atoms with Gasteiger partial charge in [0.15, 0.2) is 0 Å². The minimum Gasteiger partial charge on any atom is -0.250 e. The minimum absolute atomic E-state index is 0.600. The molecule has 0 amide bonds. The van der Waals surface area contributed by atoms with E-state index in [1.54, 1.807) is 0 Å². The largest absolute Gasteiger partial charge is 0.250 e. The molecule has 8 heavy (non-hydrogen) atoms. The number of rotatable bonds is 1. The first-order valence-electron chi connectivity index (χ1n) is 2.93. The van der Waals surface area contributed by atoms with E-state index in [1.807, 2.05) is 11.9 Å². The van der Waals surface area contributed by atoms with Gasteiger partial charge in [-0.2, -0.15) is 0 Å². The zero-order valence-electron chi connectivity index (χ0n) is 5.77. The Kier molecular flexibility index (Phi) is 1.54. The van der Waals surface area contributed by atoms with Gasteiger partial charge in [0, 0.05) is 13.1 Å². The highest BCUT2D eigenvalue weighted by Crippen LogP contribution is 2.32. The molecule has 0 atom stereocenters. The molecule has 0 saturated carbocycles. The van der Waals surface area contributed by atoms with Crippen molar-refractivity contribution in [3.05, 3.63) is 0 Å². The van der Waals surface area contributed by atoms with Crippen molar-refractivity contribution in [2.24, 2.45) is 5.41 Å². The standard InChI is InChI=1S/C6H13NS/c1-6(2)4-7(5-6)8-3/h4-5H2,1-3H3. The average molecular weight is 131 g/mol. The normalized spacial score (nSPS) is 27.4. The van der Waals surface area contributed by atoms with Crippen LogP contribution in [0.15, 0.2) is 0 Å². The fraction of sp³-hybridized carbons (Fsp3) is 1.00. The Hall–Kier alpha value is 0.310. The van der Waals surface area contributed by atoms with Crippen LogP contribution in [-0.4, -0.2) is 23.7 Å². The lowest BCUT2D eigenvalue weighted by Crippen LogP contribution is -2.48. The molecule has 0 spiro atoms. The van der Waals surface area contributed by atoms with Crippen molar-refractivity contribution in [2.45, 2.75) is 13.8 Å². The summed E-state index contributed by atoms with van der Waals surface area (Å²) in [5.41, 5.74) is 0.600. The van der Waals surface area contributed by atoms with Crippen molar-refractivity contribution in [3.63, 3.8) is 0 Å². The molecule has 0 aliphatic carbocycles. The van der Waals surface area contributed by atoms with Crippen molar-refractivity contribution in [3.8, 4) is 0 Å². The zero-order valence-corrected chi connectivity index (χ0v) is 6.59. The Morgan fingerprint density at radius 2 is 1.88 bits per heavy atom. The summed E-state index contributed by atoms with van der Waals surface area (Å²) in [6.07, 6.45) is 2.13. The molecule has 0 N–H and O–H groups in total. The Labute approximate surface area is 55.6 Å². The Balaban J connectivity index is 2.21. The first-order valence-corrected chi connectivity index (χ1v) is 4.11. The van der Waals surface area contributed by atoms with E-state index in [0.29, 0.717) is 5.41 Å². The maximum Gasteiger partial charge on any atom is 0.0153 e. The third-order valence-electron chi connectivity index (χ3n) is 1.47. The van der Waals surface area contributed by atoms with E-state index in [4.69, 9.17) is 0 Å². The topological polar surface area (TPSA) is 3.24 Å². The van der Waals surface area contributed by atoms with E-state index in [2.05, 4.69) is 24.4 Å². The van der Waals surface area contributed by atoms with Crippen LogP contribution < -0.4 is 0 Å². The predicted molar refractivity (Wildman–Crippen MR) is 38.9 cm³/mol. The summed E-state index contributed by atoms with van der Waals surface area (Å²) >= 11 is 1.85. The van der Waals surface area contributed by atoms with Crippen LogP contribution in [0.5, 0.6) is 0 Å². The van der Waals surface area contributed by atoms with Crippen LogP contribution in [0.3, 0.4) is 0 Å². The molecule has 0 aromatic heterocycles. The highest BCUT2D eigenvalue weighted by Gasteiger charge is 2.33. The summed E-state index contributed by atoms with van der Waals surface area (Å²) in [6, 6.07) is 0. The lowest BCUT2D eigenvalue weighted by molar-refractivity contribution is 0.124. The van der Waals surface area contributed by atoms with Gasteiger partial charge in [-0.1, -0.05) is 25.8 Å². The van der Waals surface area contributed by atoms with E-state index in [1.165, 1.54) is 13.1 Å². The van der Waals surface area contributed by atoms with E-state index in [9.17, 15) is 0 Å². The molecule has 0 bridgehead atoms. The first-order chi connectivity index (χ1) is 3.64. The van der Waals surface area contributed by atoms with Gasteiger partial charge in [-0.05, 0) is 11.7 Å². The van der Waals surface area contributed by atoms with Crippen LogP contribution in [0.4, 0.5) is 0 Å². The second kappa shape index (κ2) is 1.92. The maximum atomic E-state index is 2.38. The molecule has 1 aliphatic rings. The summed E-state index contributed by atoms with van der Waals surface area (Å²) in [5.74, 6) is 0. The SMILES string of the molecule is CSN1CC(C)(C)C1. The number of hydrogen-bond donors (Lipinski definition) is 0. The molecular formula is C6H13NS. The van der Waals surface area contributed by atoms with Crippen molar-refractivity contribution >= 4 is 11.9 Å². The highest BCUT2D eigenvalue weighted by molar-refractivity contribution is 7.96. The second-order valence-corrected chi connectivity index (χ2v) is 4.03. The van der Waals surface area contributed by atoms with Gasteiger partial charge in [0.05, 0.1) is 0 Å². The molecule has 0 unspecified atom stereocenters. The summed E-state index contributed by atoms with van der Waals surface area (Å²) in [6.45, 7) is 7.13. The van der Waals surface area contributed by atoms with E-state index in [-0.39, 0.29) is 0 Å². The molecule has 48 valence electrons. The van der Waals surface area contributed by atoms with Gasteiger partial charge in [0.25, 0.3) is 0 Å². The Bertz CT molecular complexity index is 82.5. The molecular weight excluding hydrogens is 118 g/mol. The van der Waals surface area contributed by atoms with Crippen molar-refractivity contribution in [2.75, 3.05) is 19.3 Å². The van der Waals surface area contributed by atoms with Gasteiger partial charge in [-0.25, -0.2) is 4.31 Å². The van der Waals surface area contributed by atoms with Crippen molar-refractivity contribution in [1.82, 2.24) is 4.31 Å². The third kappa shape index (κ3) is 1.17. The Morgan fingerprint density at radius 3 is 2.00 bits per heavy atom. The fourth-order valence-electron chi connectivity index (χ4n) is 1.04. The molecule has 1 aliphatic heterocycles. The van der Waals surface area contributed by atoms with E-state index >= 15 is 0 Å². The predicted octanol–water partition coefficient (Wildman–Crippen LogP) is 1.61. The lowest BCUT2D eigenvalue weighted by Gasteiger charge is -2.44. The van der Waals surface area contributed by atoms with Crippen LogP contribution in [0, 0.1) is 5.41 Å². The molecule has 1 heterocycles.